The first-order chi connectivity index (χ1) is 4.91. The fourth-order valence-electron chi connectivity index (χ4n) is 0.541. The first-order valence-corrected chi connectivity index (χ1v) is 3.77. The van der Waals surface area contributed by atoms with Gasteiger partial charge in [0, 0.05) is 6.61 Å². The summed E-state index contributed by atoms with van der Waals surface area (Å²) in [4.78, 5) is 0. The van der Waals surface area contributed by atoms with Gasteiger partial charge in [-0.25, -0.2) is 0 Å². The molecule has 0 aromatic rings. The molecule has 0 aliphatic rings. The molecule has 0 aliphatic heterocycles. The van der Waals surface area contributed by atoms with Crippen LogP contribution in [0.1, 0.15) is 20.3 Å². The number of hydrogen-bond donors (Lipinski definition) is 0. The molecule has 0 fully saturated rings. The minimum Gasteiger partial charge on any atom is -0.377 e. The van der Waals surface area contributed by atoms with Crippen molar-refractivity contribution in [2.24, 2.45) is 0 Å². The largest absolute Gasteiger partial charge is 0.377 e. The van der Waals surface area contributed by atoms with E-state index in [-0.39, 0.29) is 0 Å². The van der Waals surface area contributed by atoms with Crippen molar-refractivity contribution in [3.8, 4) is 0 Å². The Labute approximate surface area is 63.4 Å². The van der Waals surface area contributed by atoms with Crippen molar-refractivity contribution in [2.75, 3.05) is 13.2 Å². The Morgan fingerprint density at radius 3 is 2.70 bits per heavy atom. The Kier molecular flexibility index (Phi) is 7.97. The third kappa shape index (κ3) is 7.44. The van der Waals surface area contributed by atoms with E-state index >= 15 is 0 Å². The van der Waals surface area contributed by atoms with Gasteiger partial charge in [-0.2, -0.15) is 0 Å². The molecule has 0 aliphatic carbocycles. The topological polar surface area (TPSA) is 9.23 Å². The second-order valence-electron chi connectivity index (χ2n) is 2.03. The summed E-state index contributed by atoms with van der Waals surface area (Å²) in [6.45, 7) is 5.70. The normalized spacial score (nSPS) is 11.8. The lowest BCUT2D eigenvalue weighted by atomic mass is 10.4. The molecule has 0 N–H and O–H groups in total. The van der Waals surface area contributed by atoms with E-state index in [1.54, 1.807) is 0 Å². The van der Waals surface area contributed by atoms with Gasteiger partial charge in [-0.1, -0.05) is 31.2 Å². The first kappa shape index (κ1) is 9.44. The summed E-state index contributed by atoms with van der Waals surface area (Å²) in [5.41, 5.74) is 0. The average molecular weight is 140 g/mol. The van der Waals surface area contributed by atoms with Gasteiger partial charge in [-0.3, -0.25) is 0 Å². The molecule has 0 amide bonds. The Balaban J connectivity index is 3.02. The highest BCUT2D eigenvalue weighted by Crippen LogP contribution is 1.82. The molecule has 58 valence electrons. The molecule has 0 aromatic carbocycles. The van der Waals surface area contributed by atoms with Crippen LogP contribution in [0.25, 0.3) is 0 Å². The summed E-state index contributed by atoms with van der Waals surface area (Å²) in [7, 11) is 0. The molecule has 10 heavy (non-hydrogen) atoms. The zero-order valence-corrected chi connectivity index (χ0v) is 6.84. The summed E-state index contributed by atoms with van der Waals surface area (Å²) in [6, 6.07) is 0. The van der Waals surface area contributed by atoms with E-state index in [0.717, 1.165) is 19.6 Å². The number of rotatable bonds is 5. The Bertz CT molecular complexity index is 103. The fraction of sp³-hybridized carbons (Fsp3) is 0.556. The van der Waals surface area contributed by atoms with E-state index < -0.39 is 0 Å². The van der Waals surface area contributed by atoms with Crippen LogP contribution in [0.3, 0.4) is 0 Å². The van der Waals surface area contributed by atoms with Crippen molar-refractivity contribution in [2.45, 2.75) is 20.3 Å². The van der Waals surface area contributed by atoms with Crippen molar-refractivity contribution in [3.63, 3.8) is 0 Å². The van der Waals surface area contributed by atoms with Gasteiger partial charge in [0.15, 0.2) is 0 Å². The van der Waals surface area contributed by atoms with E-state index in [0.29, 0.717) is 0 Å². The number of ether oxygens (including phenoxy) is 1. The molecule has 0 spiro atoms. The zero-order valence-electron chi connectivity index (χ0n) is 6.84. The highest BCUT2D eigenvalue weighted by molar-refractivity contribution is 5.00. The van der Waals surface area contributed by atoms with Gasteiger partial charge in [0.05, 0.1) is 6.61 Å². The maximum atomic E-state index is 5.21. The van der Waals surface area contributed by atoms with Crippen LogP contribution >= 0.6 is 0 Å². The van der Waals surface area contributed by atoms with Gasteiger partial charge in [-0.05, 0) is 13.3 Å². The summed E-state index contributed by atoms with van der Waals surface area (Å²) < 4.78 is 5.21. The van der Waals surface area contributed by atoms with E-state index in [9.17, 15) is 0 Å². The lowest BCUT2D eigenvalue weighted by Gasteiger charge is -1.93. The summed E-state index contributed by atoms with van der Waals surface area (Å²) >= 11 is 0. The standard InChI is InChI=1S/C9H16O/c1-3-5-6-7-9-10-8-4-2/h3,5-7H,4,8-9H2,1-2H3. The molecule has 0 atom stereocenters. The minimum absolute atomic E-state index is 0.734. The predicted molar refractivity (Wildman–Crippen MR) is 45.1 cm³/mol. The van der Waals surface area contributed by atoms with Gasteiger partial charge in [-0.15, -0.1) is 0 Å². The predicted octanol–water partition coefficient (Wildman–Crippen LogP) is 2.55. The molecular weight excluding hydrogens is 124 g/mol. The molecule has 1 heteroatoms. The minimum atomic E-state index is 0.734. The van der Waals surface area contributed by atoms with Crippen molar-refractivity contribution in [1.29, 1.82) is 0 Å². The lowest BCUT2D eigenvalue weighted by Crippen LogP contribution is -1.90. The van der Waals surface area contributed by atoms with Crippen LogP contribution in [0.2, 0.25) is 0 Å². The Morgan fingerprint density at radius 1 is 1.30 bits per heavy atom. The Morgan fingerprint density at radius 2 is 2.10 bits per heavy atom. The molecule has 0 heterocycles. The maximum Gasteiger partial charge on any atom is 0.0650 e. The molecule has 0 saturated heterocycles. The van der Waals surface area contributed by atoms with Crippen molar-refractivity contribution in [3.05, 3.63) is 24.3 Å². The quantitative estimate of drug-likeness (QED) is 0.421. The van der Waals surface area contributed by atoms with Crippen LogP contribution < -0.4 is 0 Å². The molecular formula is C9H16O. The second kappa shape index (κ2) is 8.44. The zero-order chi connectivity index (χ0) is 7.66. The highest BCUT2D eigenvalue weighted by Gasteiger charge is 1.76. The van der Waals surface area contributed by atoms with E-state index in [1.165, 1.54) is 0 Å². The van der Waals surface area contributed by atoms with Gasteiger partial charge in [0.1, 0.15) is 0 Å². The SMILES string of the molecule is CC=CC=CCOCCC. The third-order valence-electron chi connectivity index (χ3n) is 1.00. The molecule has 0 radical (unpaired) electrons. The van der Waals surface area contributed by atoms with Gasteiger partial charge >= 0.3 is 0 Å². The maximum absolute atomic E-state index is 5.21. The van der Waals surface area contributed by atoms with Crippen molar-refractivity contribution in [1.82, 2.24) is 0 Å². The first-order valence-electron chi connectivity index (χ1n) is 3.77. The van der Waals surface area contributed by atoms with Crippen molar-refractivity contribution >= 4 is 0 Å². The lowest BCUT2D eigenvalue weighted by molar-refractivity contribution is 0.163. The molecule has 0 rings (SSSR count). The van der Waals surface area contributed by atoms with Gasteiger partial charge in [0.2, 0.25) is 0 Å². The van der Waals surface area contributed by atoms with Crippen LogP contribution in [0.5, 0.6) is 0 Å². The van der Waals surface area contributed by atoms with Crippen LogP contribution in [0.15, 0.2) is 24.3 Å². The van der Waals surface area contributed by atoms with E-state index in [1.807, 2.05) is 31.2 Å². The average Bonchev–Trinajstić information content (AvgIpc) is 1.97. The molecule has 0 saturated carbocycles. The third-order valence-corrected chi connectivity index (χ3v) is 1.00. The van der Waals surface area contributed by atoms with Crippen LogP contribution in [0.4, 0.5) is 0 Å². The summed E-state index contributed by atoms with van der Waals surface area (Å²) in [5, 5.41) is 0. The number of allylic oxidation sites excluding steroid dienone is 3. The molecule has 1 nitrogen and oxygen atoms in total. The summed E-state index contributed by atoms with van der Waals surface area (Å²) in [5.74, 6) is 0. The van der Waals surface area contributed by atoms with Gasteiger partial charge < -0.3 is 4.74 Å². The fourth-order valence-corrected chi connectivity index (χ4v) is 0.541. The smallest absolute Gasteiger partial charge is 0.0650 e. The van der Waals surface area contributed by atoms with Crippen molar-refractivity contribution < 1.29 is 4.74 Å². The van der Waals surface area contributed by atoms with Crippen LogP contribution in [-0.4, -0.2) is 13.2 Å². The van der Waals surface area contributed by atoms with Gasteiger partial charge in [0.25, 0.3) is 0 Å². The monoisotopic (exact) mass is 140 g/mol. The molecule has 0 bridgehead atoms. The highest BCUT2D eigenvalue weighted by atomic mass is 16.5. The van der Waals surface area contributed by atoms with Crippen LogP contribution in [-0.2, 0) is 4.74 Å². The second-order valence-corrected chi connectivity index (χ2v) is 2.03. The number of hydrogen-bond acceptors (Lipinski definition) is 1. The summed E-state index contributed by atoms with van der Waals surface area (Å²) in [6.07, 6.45) is 9.09. The van der Waals surface area contributed by atoms with Crippen LogP contribution in [0, 0.1) is 0 Å². The van der Waals surface area contributed by atoms with E-state index in [4.69, 9.17) is 4.74 Å². The van der Waals surface area contributed by atoms with E-state index in [2.05, 4.69) is 6.92 Å². The Hall–Kier alpha value is -0.560. The molecule has 0 aromatic heterocycles. The molecule has 0 unspecified atom stereocenters.